The summed E-state index contributed by atoms with van der Waals surface area (Å²) in [5, 5.41) is 7.79. The number of hydrogen-bond donors (Lipinski definition) is 1. The zero-order valence-electron chi connectivity index (χ0n) is 12.8. The fraction of sp³-hybridized carbons (Fsp3) is 0.375. The lowest BCUT2D eigenvalue weighted by Gasteiger charge is -2.33. The maximum Gasteiger partial charge on any atom is 0.274 e. The molecule has 0 spiro atoms. The highest BCUT2D eigenvalue weighted by molar-refractivity contribution is 5.92. The first-order valence-electron chi connectivity index (χ1n) is 7.30. The summed E-state index contributed by atoms with van der Waals surface area (Å²) in [7, 11) is 0. The van der Waals surface area contributed by atoms with Crippen molar-refractivity contribution >= 4 is 18.3 Å². The number of benzene rings is 1. The van der Waals surface area contributed by atoms with Crippen molar-refractivity contribution in [1.82, 2.24) is 20.0 Å². The molecule has 1 unspecified atom stereocenters. The lowest BCUT2D eigenvalue weighted by atomic mass is 10.2. The fourth-order valence-electron chi connectivity index (χ4n) is 2.70. The van der Waals surface area contributed by atoms with E-state index in [1.54, 1.807) is 0 Å². The van der Waals surface area contributed by atoms with E-state index in [1.165, 1.54) is 0 Å². The summed E-state index contributed by atoms with van der Waals surface area (Å²) in [6.07, 6.45) is 0. The molecule has 0 saturated carbocycles. The number of rotatable bonds is 2. The minimum atomic E-state index is 0. The molecule has 2 aromatic rings. The van der Waals surface area contributed by atoms with Crippen LogP contribution in [0.2, 0.25) is 0 Å². The molecule has 22 heavy (non-hydrogen) atoms. The molecule has 1 aliphatic rings. The van der Waals surface area contributed by atoms with Gasteiger partial charge in [-0.25, -0.2) is 4.68 Å². The highest BCUT2D eigenvalue weighted by Crippen LogP contribution is 2.15. The van der Waals surface area contributed by atoms with Crippen molar-refractivity contribution in [3.8, 4) is 5.69 Å². The predicted octanol–water partition coefficient (Wildman–Crippen LogP) is 2.04. The first-order chi connectivity index (χ1) is 10.2. The Kier molecular flexibility index (Phi) is 5.21. The van der Waals surface area contributed by atoms with Crippen LogP contribution in [0.5, 0.6) is 0 Å². The number of aromatic nitrogens is 2. The van der Waals surface area contributed by atoms with E-state index in [4.69, 9.17) is 0 Å². The summed E-state index contributed by atoms with van der Waals surface area (Å²) in [5.74, 6) is 0.0155. The molecule has 1 saturated heterocycles. The zero-order chi connectivity index (χ0) is 14.8. The highest BCUT2D eigenvalue weighted by atomic mass is 35.5. The summed E-state index contributed by atoms with van der Waals surface area (Å²) in [5.41, 5.74) is 2.46. The first kappa shape index (κ1) is 16.5. The number of halogens is 1. The van der Waals surface area contributed by atoms with E-state index in [-0.39, 0.29) is 24.4 Å². The van der Waals surface area contributed by atoms with E-state index < -0.39 is 0 Å². The van der Waals surface area contributed by atoms with Crippen molar-refractivity contribution in [1.29, 1.82) is 0 Å². The molecule has 2 heterocycles. The standard InChI is InChI=1S/C16H20N4O.ClH/c1-12-10-15(16(21)19-9-8-17-11-13(19)2)18-20(12)14-6-4-3-5-7-14;/h3-7,10,13,17H,8-9,11H2,1-2H3;1H. The minimum Gasteiger partial charge on any atom is -0.332 e. The minimum absolute atomic E-state index is 0. The van der Waals surface area contributed by atoms with Crippen LogP contribution < -0.4 is 5.32 Å². The summed E-state index contributed by atoms with van der Waals surface area (Å²) in [6, 6.07) is 11.9. The van der Waals surface area contributed by atoms with Gasteiger partial charge in [0, 0.05) is 31.4 Å². The van der Waals surface area contributed by atoms with Gasteiger partial charge in [-0.3, -0.25) is 4.79 Å². The molecule has 1 N–H and O–H groups in total. The average Bonchev–Trinajstić information content (AvgIpc) is 2.90. The van der Waals surface area contributed by atoms with E-state index >= 15 is 0 Å². The maximum atomic E-state index is 12.6. The van der Waals surface area contributed by atoms with Gasteiger partial charge in [0.2, 0.25) is 0 Å². The number of nitrogens with one attached hydrogen (secondary N) is 1. The monoisotopic (exact) mass is 320 g/mol. The van der Waals surface area contributed by atoms with Crippen LogP contribution in [0.1, 0.15) is 23.1 Å². The van der Waals surface area contributed by atoms with Crippen LogP contribution in [0.3, 0.4) is 0 Å². The Morgan fingerprint density at radius 1 is 1.32 bits per heavy atom. The van der Waals surface area contributed by atoms with Gasteiger partial charge in [0.15, 0.2) is 5.69 Å². The van der Waals surface area contributed by atoms with Gasteiger partial charge in [-0.2, -0.15) is 5.10 Å². The van der Waals surface area contributed by atoms with E-state index in [2.05, 4.69) is 17.3 Å². The second kappa shape index (κ2) is 6.94. The van der Waals surface area contributed by atoms with Crippen LogP contribution in [-0.4, -0.2) is 46.3 Å². The lowest BCUT2D eigenvalue weighted by Crippen LogP contribution is -2.52. The number of nitrogens with zero attached hydrogens (tertiary/aromatic N) is 3. The van der Waals surface area contributed by atoms with Crippen molar-refractivity contribution in [2.24, 2.45) is 0 Å². The van der Waals surface area contributed by atoms with Crippen molar-refractivity contribution in [2.75, 3.05) is 19.6 Å². The summed E-state index contributed by atoms with van der Waals surface area (Å²) >= 11 is 0. The van der Waals surface area contributed by atoms with E-state index in [1.807, 2.05) is 52.9 Å². The molecule has 6 heteroatoms. The highest BCUT2D eigenvalue weighted by Gasteiger charge is 2.26. The number of piperazine rings is 1. The second-order valence-electron chi connectivity index (χ2n) is 5.47. The van der Waals surface area contributed by atoms with Crippen LogP contribution in [0.4, 0.5) is 0 Å². The quantitative estimate of drug-likeness (QED) is 0.921. The van der Waals surface area contributed by atoms with Crippen molar-refractivity contribution < 1.29 is 4.79 Å². The third kappa shape index (κ3) is 3.15. The molecule has 5 nitrogen and oxygen atoms in total. The zero-order valence-corrected chi connectivity index (χ0v) is 13.6. The third-order valence-corrected chi connectivity index (χ3v) is 3.87. The number of aryl methyl sites for hydroxylation is 1. The van der Waals surface area contributed by atoms with Crippen LogP contribution in [0, 0.1) is 6.92 Å². The Hall–Kier alpha value is -1.85. The molecular formula is C16H21ClN4O. The lowest BCUT2D eigenvalue weighted by molar-refractivity contribution is 0.0649. The van der Waals surface area contributed by atoms with Gasteiger partial charge in [-0.1, -0.05) is 18.2 Å². The summed E-state index contributed by atoms with van der Waals surface area (Å²) in [6.45, 7) is 6.44. The Morgan fingerprint density at radius 3 is 2.73 bits per heavy atom. The number of carbonyl (C=O) groups excluding carboxylic acids is 1. The van der Waals surface area contributed by atoms with Crippen LogP contribution in [0.15, 0.2) is 36.4 Å². The topological polar surface area (TPSA) is 50.2 Å². The number of carbonyl (C=O) groups is 1. The van der Waals surface area contributed by atoms with Gasteiger partial charge in [-0.15, -0.1) is 12.4 Å². The fourth-order valence-corrected chi connectivity index (χ4v) is 2.70. The predicted molar refractivity (Wildman–Crippen MR) is 88.9 cm³/mol. The molecule has 1 amide bonds. The van der Waals surface area contributed by atoms with Gasteiger partial charge >= 0.3 is 0 Å². The molecule has 1 aromatic heterocycles. The maximum absolute atomic E-state index is 12.6. The molecule has 1 fully saturated rings. The summed E-state index contributed by atoms with van der Waals surface area (Å²) < 4.78 is 1.82. The van der Waals surface area contributed by atoms with E-state index in [0.717, 1.165) is 31.0 Å². The molecule has 0 bridgehead atoms. The molecule has 1 aromatic carbocycles. The van der Waals surface area contributed by atoms with Gasteiger partial charge in [-0.05, 0) is 32.0 Å². The molecule has 0 aliphatic carbocycles. The smallest absolute Gasteiger partial charge is 0.274 e. The van der Waals surface area contributed by atoms with Gasteiger partial charge in [0.05, 0.1) is 5.69 Å². The molecule has 0 radical (unpaired) electrons. The van der Waals surface area contributed by atoms with Crippen LogP contribution in [0.25, 0.3) is 5.69 Å². The molecule has 118 valence electrons. The number of para-hydroxylation sites is 1. The Bertz CT molecular complexity index is 641. The molecule has 1 aliphatic heterocycles. The number of hydrogen-bond acceptors (Lipinski definition) is 3. The van der Waals surface area contributed by atoms with Crippen LogP contribution >= 0.6 is 12.4 Å². The second-order valence-corrected chi connectivity index (χ2v) is 5.47. The SMILES string of the molecule is Cc1cc(C(=O)N2CCNCC2C)nn1-c1ccccc1.Cl. The summed E-state index contributed by atoms with van der Waals surface area (Å²) in [4.78, 5) is 14.5. The van der Waals surface area contributed by atoms with Gasteiger partial charge in [0.1, 0.15) is 0 Å². The Labute approximate surface area is 136 Å². The Balaban J connectivity index is 0.00000176. The Morgan fingerprint density at radius 2 is 2.05 bits per heavy atom. The van der Waals surface area contributed by atoms with Crippen LogP contribution in [-0.2, 0) is 0 Å². The van der Waals surface area contributed by atoms with E-state index in [9.17, 15) is 4.79 Å². The largest absolute Gasteiger partial charge is 0.332 e. The van der Waals surface area contributed by atoms with Crippen molar-refractivity contribution in [2.45, 2.75) is 19.9 Å². The first-order valence-corrected chi connectivity index (χ1v) is 7.30. The molecule has 3 rings (SSSR count). The normalized spacial score (nSPS) is 17.9. The molecule has 1 atom stereocenters. The van der Waals surface area contributed by atoms with Gasteiger partial charge < -0.3 is 10.2 Å². The molecular weight excluding hydrogens is 300 g/mol. The third-order valence-electron chi connectivity index (χ3n) is 3.87. The van der Waals surface area contributed by atoms with Crippen molar-refractivity contribution in [3.63, 3.8) is 0 Å². The average molecular weight is 321 g/mol. The van der Waals surface area contributed by atoms with Gasteiger partial charge in [0.25, 0.3) is 5.91 Å². The van der Waals surface area contributed by atoms with Crippen molar-refractivity contribution in [3.05, 3.63) is 47.8 Å². The van der Waals surface area contributed by atoms with E-state index in [0.29, 0.717) is 5.69 Å². The number of amides is 1.